The van der Waals surface area contributed by atoms with Gasteiger partial charge < -0.3 is 10.7 Å². The average Bonchev–Trinajstić information content (AvgIpc) is 2.83. The second kappa shape index (κ2) is 8.20. The first-order chi connectivity index (χ1) is 9.79. The number of nitrogens with two attached hydrogens (primary N) is 1. The topological polar surface area (TPSA) is 54.7 Å². The van der Waals surface area contributed by atoms with Gasteiger partial charge in [0, 0.05) is 11.4 Å². The molecule has 0 unspecified atom stereocenters. The molecule has 0 atom stereocenters. The minimum absolute atomic E-state index is 0.782. The molecule has 0 aliphatic rings. The number of nitrogens with one attached hydrogen (secondary N) is 1. The minimum atomic E-state index is 0.782. The maximum Gasteiger partial charge on any atom is 0.166 e. The molecule has 0 saturated carbocycles. The summed E-state index contributed by atoms with van der Waals surface area (Å²) in [6.07, 6.45) is 9.48. The molecular weight excluding hydrogens is 266 g/mol. The molecule has 20 heavy (non-hydrogen) atoms. The second-order valence-electron chi connectivity index (χ2n) is 5.29. The number of hydrogen-bond acceptors (Lipinski definition) is 3. The molecule has 2 aromatic rings. The van der Waals surface area contributed by atoms with E-state index >= 15 is 0 Å². The summed E-state index contributed by atoms with van der Waals surface area (Å²) in [5, 5.41) is 1.01. The first kappa shape index (κ1) is 15.2. The lowest BCUT2D eigenvalue weighted by Crippen LogP contribution is -1.84. The predicted octanol–water partition coefficient (Wildman–Crippen LogP) is 4.99. The van der Waals surface area contributed by atoms with Gasteiger partial charge in [0.05, 0.1) is 11.0 Å². The Balaban J connectivity index is 1.65. The van der Waals surface area contributed by atoms with Crippen LogP contribution < -0.4 is 5.73 Å². The third-order valence-electron chi connectivity index (χ3n) is 3.47. The van der Waals surface area contributed by atoms with Crippen LogP contribution in [0, 0.1) is 0 Å². The fraction of sp³-hybridized carbons (Fsp3) is 0.562. The molecule has 0 fully saturated rings. The third kappa shape index (κ3) is 4.75. The van der Waals surface area contributed by atoms with Gasteiger partial charge in [-0.3, -0.25) is 0 Å². The van der Waals surface area contributed by atoms with E-state index in [1.54, 1.807) is 0 Å². The van der Waals surface area contributed by atoms with E-state index in [1.807, 2.05) is 30.0 Å². The number of rotatable bonds is 9. The van der Waals surface area contributed by atoms with E-state index in [2.05, 4.69) is 16.9 Å². The molecule has 0 amide bonds. The molecule has 0 aliphatic heterocycles. The van der Waals surface area contributed by atoms with Gasteiger partial charge in [-0.25, -0.2) is 4.98 Å². The Kier molecular flexibility index (Phi) is 6.25. The fourth-order valence-corrected chi connectivity index (χ4v) is 3.19. The molecule has 0 spiro atoms. The maximum absolute atomic E-state index is 5.77. The van der Waals surface area contributed by atoms with Crippen LogP contribution in [0.5, 0.6) is 0 Å². The Morgan fingerprint density at radius 1 is 1.10 bits per heavy atom. The van der Waals surface area contributed by atoms with Crippen molar-refractivity contribution in [1.82, 2.24) is 9.97 Å². The Bertz CT molecular complexity index is 521. The maximum atomic E-state index is 5.77. The van der Waals surface area contributed by atoms with Crippen molar-refractivity contribution in [3.8, 4) is 0 Å². The summed E-state index contributed by atoms with van der Waals surface area (Å²) < 4.78 is 0. The highest BCUT2D eigenvalue weighted by molar-refractivity contribution is 7.99. The first-order valence-electron chi connectivity index (χ1n) is 7.67. The molecular formula is C16H25N3S. The van der Waals surface area contributed by atoms with Crippen LogP contribution >= 0.6 is 11.8 Å². The average molecular weight is 291 g/mol. The summed E-state index contributed by atoms with van der Waals surface area (Å²) in [5.41, 5.74) is 8.59. The van der Waals surface area contributed by atoms with Crippen LogP contribution in [-0.2, 0) is 0 Å². The van der Waals surface area contributed by atoms with Crippen molar-refractivity contribution < 1.29 is 0 Å². The van der Waals surface area contributed by atoms with Gasteiger partial charge in [0.1, 0.15) is 0 Å². The summed E-state index contributed by atoms with van der Waals surface area (Å²) in [7, 11) is 0. The number of nitrogen functional groups attached to an aromatic ring is 1. The van der Waals surface area contributed by atoms with Crippen molar-refractivity contribution in [3.63, 3.8) is 0 Å². The molecule has 0 saturated heterocycles. The van der Waals surface area contributed by atoms with E-state index in [1.165, 1.54) is 44.9 Å². The second-order valence-corrected chi connectivity index (χ2v) is 6.37. The number of H-pyrrole nitrogens is 1. The number of thioether (sulfide) groups is 1. The van der Waals surface area contributed by atoms with Gasteiger partial charge in [0.25, 0.3) is 0 Å². The Labute approximate surface area is 125 Å². The summed E-state index contributed by atoms with van der Waals surface area (Å²) in [5.74, 6) is 1.14. The third-order valence-corrected chi connectivity index (χ3v) is 4.43. The Morgan fingerprint density at radius 3 is 2.65 bits per heavy atom. The molecule has 1 aromatic heterocycles. The lowest BCUT2D eigenvalue weighted by Gasteiger charge is -2.00. The van der Waals surface area contributed by atoms with Crippen molar-refractivity contribution >= 4 is 28.5 Å². The number of hydrogen-bond donors (Lipinski definition) is 2. The molecule has 1 aromatic carbocycles. The SMILES string of the molecule is CCCCCCCCCSc1nc2ccc(N)cc2[nH]1. The summed E-state index contributed by atoms with van der Waals surface area (Å²) in [4.78, 5) is 7.89. The van der Waals surface area contributed by atoms with Crippen LogP contribution in [0.25, 0.3) is 11.0 Å². The first-order valence-corrected chi connectivity index (χ1v) is 8.66. The number of nitrogens with zero attached hydrogens (tertiary/aromatic N) is 1. The number of aromatic amines is 1. The summed E-state index contributed by atoms with van der Waals surface area (Å²) >= 11 is 1.81. The molecule has 3 nitrogen and oxygen atoms in total. The highest BCUT2D eigenvalue weighted by Crippen LogP contribution is 2.22. The van der Waals surface area contributed by atoms with Gasteiger partial charge in [0.2, 0.25) is 0 Å². The van der Waals surface area contributed by atoms with Crippen molar-refractivity contribution in [2.45, 2.75) is 57.0 Å². The Morgan fingerprint density at radius 2 is 1.85 bits per heavy atom. The number of fused-ring (bicyclic) bond motifs is 1. The number of aromatic nitrogens is 2. The van der Waals surface area contributed by atoms with Crippen LogP contribution in [0.2, 0.25) is 0 Å². The van der Waals surface area contributed by atoms with E-state index in [-0.39, 0.29) is 0 Å². The van der Waals surface area contributed by atoms with Crippen LogP contribution in [0.15, 0.2) is 23.4 Å². The molecule has 3 N–H and O–H groups in total. The van der Waals surface area contributed by atoms with E-state index in [0.29, 0.717) is 0 Å². The van der Waals surface area contributed by atoms with Gasteiger partial charge in [-0.1, -0.05) is 57.2 Å². The standard InChI is InChI=1S/C16H25N3S/c1-2-3-4-5-6-7-8-11-20-16-18-14-10-9-13(17)12-15(14)19-16/h9-10,12H,2-8,11,17H2,1H3,(H,18,19). The largest absolute Gasteiger partial charge is 0.399 e. The number of benzene rings is 1. The molecule has 4 heteroatoms. The van der Waals surface area contributed by atoms with E-state index in [0.717, 1.165) is 27.6 Å². The lowest BCUT2D eigenvalue weighted by molar-refractivity contribution is 0.603. The molecule has 0 radical (unpaired) electrons. The number of unbranched alkanes of at least 4 members (excludes halogenated alkanes) is 6. The zero-order chi connectivity index (χ0) is 14.2. The Hall–Kier alpha value is -1.16. The monoisotopic (exact) mass is 291 g/mol. The summed E-state index contributed by atoms with van der Waals surface area (Å²) in [6.45, 7) is 2.26. The van der Waals surface area contributed by atoms with Crippen LogP contribution in [0.4, 0.5) is 5.69 Å². The highest BCUT2D eigenvalue weighted by Gasteiger charge is 2.03. The van der Waals surface area contributed by atoms with Gasteiger partial charge in [-0.15, -0.1) is 0 Å². The zero-order valence-corrected chi connectivity index (χ0v) is 13.1. The lowest BCUT2D eigenvalue weighted by atomic mass is 10.1. The van der Waals surface area contributed by atoms with E-state index in [4.69, 9.17) is 5.73 Å². The molecule has 110 valence electrons. The number of imidazole rings is 1. The smallest absolute Gasteiger partial charge is 0.166 e. The van der Waals surface area contributed by atoms with Crippen molar-refractivity contribution in [3.05, 3.63) is 18.2 Å². The van der Waals surface area contributed by atoms with Gasteiger partial charge in [0.15, 0.2) is 5.16 Å². The quantitative estimate of drug-likeness (QED) is 0.389. The molecule has 0 bridgehead atoms. The molecule has 1 heterocycles. The fourth-order valence-electron chi connectivity index (χ4n) is 2.30. The molecule has 2 rings (SSSR count). The van der Waals surface area contributed by atoms with Crippen molar-refractivity contribution in [2.75, 3.05) is 11.5 Å². The van der Waals surface area contributed by atoms with Crippen LogP contribution in [0.3, 0.4) is 0 Å². The van der Waals surface area contributed by atoms with E-state index < -0.39 is 0 Å². The normalized spacial score (nSPS) is 11.2. The van der Waals surface area contributed by atoms with Crippen molar-refractivity contribution in [2.24, 2.45) is 0 Å². The van der Waals surface area contributed by atoms with Gasteiger partial charge >= 0.3 is 0 Å². The van der Waals surface area contributed by atoms with Crippen LogP contribution in [-0.4, -0.2) is 15.7 Å². The predicted molar refractivity (Wildman–Crippen MR) is 89.2 cm³/mol. The zero-order valence-electron chi connectivity index (χ0n) is 12.3. The minimum Gasteiger partial charge on any atom is -0.399 e. The summed E-state index contributed by atoms with van der Waals surface area (Å²) in [6, 6.07) is 5.81. The van der Waals surface area contributed by atoms with Crippen molar-refractivity contribution in [1.29, 1.82) is 0 Å². The van der Waals surface area contributed by atoms with Gasteiger partial charge in [-0.05, 0) is 24.6 Å². The van der Waals surface area contributed by atoms with Gasteiger partial charge in [-0.2, -0.15) is 0 Å². The number of anilines is 1. The van der Waals surface area contributed by atoms with Crippen LogP contribution in [0.1, 0.15) is 51.9 Å². The molecule has 0 aliphatic carbocycles. The van der Waals surface area contributed by atoms with E-state index in [9.17, 15) is 0 Å². The highest BCUT2D eigenvalue weighted by atomic mass is 32.2.